The highest BCUT2D eigenvalue weighted by Crippen LogP contribution is 2.66. The van der Waals surface area contributed by atoms with Crippen LogP contribution in [0.1, 0.15) is 26.7 Å². The summed E-state index contributed by atoms with van der Waals surface area (Å²) in [7, 11) is 0. The highest BCUT2D eigenvalue weighted by atomic mass is 32.2. The van der Waals surface area contributed by atoms with Crippen molar-refractivity contribution in [2.75, 3.05) is 13.2 Å². The highest BCUT2D eigenvalue weighted by Gasteiger charge is 2.60. The first-order valence-electron chi connectivity index (χ1n) is 5.28. The maximum Gasteiger partial charge on any atom is 0.124 e. The van der Waals surface area contributed by atoms with Gasteiger partial charge in [-0.2, -0.15) is 0 Å². The van der Waals surface area contributed by atoms with Crippen LogP contribution in [0.4, 0.5) is 0 Å². The van der Waals surface area contributed by atoms with E-state index in [-0.39, 0.29) is 4.93 Å². The summed E-state index contributed by atoms with van der Waals surface area (Å²) < 4.78 is 11.9. The van der Waals surface area contributed by atoms with Crippen molar-refractivity contribution >= 4 is 23.5 Å². The van der Waals surface area contributed by atoms with Crippen LogP contribution in [0.2, 0.25) is 0 Å². The Labute approximate surface area is 93.5 Å². The second kappa shape index (κ2) is 3.06. The summed E-state index contributed by atoms with van der Waals surface area (Å²) in [6.07, 6.45) is 2.77. The number of rotatable bonds is 0. The Balaban J connectivity index is 1.87. The van der Waals surface area contributed by atoms with Crippen molar-refractivity contribution in [3.63, 3.8) is 0 Å². The van der Waals surface area contributed by atoms with Gasteiger partial charge in [0.2, 0.25) is 0 Å². The zero-order valence-corrected chi connectivity index (χ0v) is 10.2. The van der Waals surface area contributed by atoms with E-state index in [0.29, 0.717) is 15.4 Å². The fraction of sp³-hybridized carbons (Fsp3) is 1.00. The quantitative estimate of drug-likeness (QED) is 0.638. The van der Waals surface area contributed by atoms with E-state index >= 15 is 0 Å². The molecule has 4 unspecified atom stereocenters. The minimum Gasteiger partial charge on any atom is -0.376 e. The summed E-state index contributed by atoms with van der Waals surface area (Å²) in [5.74, 6) is 0. The summed E-state index contributed by atoms with van der Waals surface area (Å²) in [6.45, 7) is 6.32. The molecule has 14 heavy (non-hydrogen) atoms. The molecule has 3 aliphatic heterocycles. The predicted octanol–water partition coefficient (Wildman–Crippen LogP) is 2.48. The fourth-order valence-corrected chi connectivity index (χ4v) is 6.85. The van der Waals surface area contributed by atoms with Crippen LogP contribution in [0, 0.1) is 0 Å². The molecule has 3 saturated heterocycles. The molecule has 0 radical (unpaired) electrons. The van der Waals surface area contributed by atoms with Crippen molar-refractivity contribution in [2.24, 2.45) is 0 Å². The minimum absolute atomic E-state index is 0.0621. The molecule has 3 aliphatic rings. The number of hydrogen-bond donors (Lipinski definition) is 0. The first kappa shape index (κ1) is 9.82. The SMILES string of the molecule is CC1OCCC12SC1CCOC1(C)S2. The zero-order valence-electron chi connectivity index (χ0n) is 8.62. The van der Waals surface area contributed by atoms with Gasteiger partial charge in [0.15, 0.2) is 0 Å². The third-order valence-corrected chi connectivity index (χ3v) is 7.79. The van der Waals surface area contributed by atoms with Crippen molar-refractivity contribution < 1.29 is 9.47 Å². The molecule has 3 heterocycles. The van der Waals surface area contributed by atoms with Crippen molar-refractivity contribution in [1.82, 2.24) is 0 Å². The van der Waals surface area contributed by atoms with Gasteiger partial charge in [0.25, 0.3) is 0 Å². The molecule has 3 rings (SSSR count). The van der Waals surface area contributed by atoms with Gasteiger partial charge in [-0.1, -0.05) is 0 Å². The van der Waals surface area contributed by atoms with E-state index < -0.39 is 0 Å². The van der Waals surface area contributed by atoms with E-state index in [9.17, 15) is 0 Å². The topological polar surface area (TPSA) is 18.5 Å². The minimum atomic E-state index is 0.0621. The number of fused-ring (bicyclic) bond motifs is 1. The average Bonchev–Trinajstić information content (AvgIpc) is 2.67. The Morgan fingerprint density at radius 1 is 1.36 bits per heavy atom. The molecule has 1 spiro atoms. The van der Waals surface area contributed by atoms with Gasteiger partial charge in [0.05, 0.1) is 10.2 Å². The monoisotopic (exact) mass is 232 g/mol. The number of ether oxygens (including phenoxy) is 2. The lowest BCUT2D eigenvalue weighted by Crippen LogP contribution is -2.29. The molecular formula is C10H16O2S2. The van der Waals surface area contributed by atoms with Crippen molar-refractivity contribution in [2.45, 2.75) is 47.1 Å². The summed E-state index contributed by atoms with van der Waals surface area (Å²) in [5.41, 5.74) is 0. The van der Waals surface area contributed by atoms with E-state index in [0.717, 1.165) is 13.2 Å². The van der Waals surface area contributed by atoms with Crippen LogP contribution in [0.5, 0.6) is 0 Å². The third-order valence-electron chi connectivity index (χ3n) is 3.51. The lowest BCUT2D eigenvalue weighted by Gasteiger charge is -2.28. The number of thioether (sulfide) groups is 2. The molecule has 0 aliphatic carbocycles. The van der Waals surface area contributed by atoms with Crippen LogP contribution < -0.4 is 0 Å². The smallest absolute Gasteiger partial charge is 0.124 e. The van der Waals surface area contributed by atoms with Crippen molar-refractivity contribution in [1.29, 1.82) is 0 Å². The Morgan fingerprint density at radius 2 is 2.21 bits per heavy atom. The zero-order chi connectivity index (χ0) is 9.81. The number of hydrogen-bond acceptors (Lipinski definition) is 4. The van der Waals surface area contributed by atoms with E-state index in [1.807, 2.05) is 11.8 Å². The van der Waals surface area contributed by atoms with Gasteiger partial charge in [0, 0.05) is 18.5 Å². The Bertz CT molecular complexity index is 261. The molecule has 0 N–H and O–H groups in total. The maximum atomic E-state index is 5.89. The highest BCUT2D eigenvalue weighted by molar-refractivity contribution is 8.22. The van der Waals surface area contributed by atoms with Crippen LogP contribution in [-0.2, 0) is 9.47 Å². The molecule has 0 bridgehead atoms. The molecule has 0 amide bonds. The second-order valence-electron chi connectivity index (χ2n) is 4.44. The largest absolute Gasteiger partial charge is 0.376 e. The summed E-state index contributed by atoms with van der Waals surface area (Å²) in [5, 5.41) is 0.677. The molecule has 0 aromatic rings. The molecule has 4 atom stereocenters. The standard InChI is InChI=1S/C10H16O2S2/c1-7-10(4-6-11-7)13-8-3-5-12-9(8,2)14-10/h7-8H,3-6H2,1-2H3. The van der Waals surface area contributed by atoms with Gasteiger partial charge in [-0.3, -0.25) is 0 Å². The van der Waals surface area contributed by atoms with Crippen LogP contribution in [0.3, 0.4) is 0 Å². The summed E-state index contributed by atoms with van der Waals surface area (Å²) in [6, 6.07) is 0. The van der Waals surface area contributed by atoms with Crippen molar-refractivity contribution in [3.05, 3.63) is 0 Å². The molecule has 0 saturated carbocycles. The first-order valence-corrected chi connectivity index (χ1v) is 6.98. The molecule has 0 aromatic carbocycles. The molecule has 0 aromatic heterocycles. The maximum absolute atomic E-state index is 5.89. The van der Waals surface area contributed by atoms with Gasteiger partial charge >= 0.3 is 0 Å². The van der Waals surface area contributed by atoms with E-state index in [2.05, 4.69) is 25.6 Å². The molecule has 80 valence electrons. The lowest BCUT2D eigenvalue weighted by atomic mass is 10.2. The van der Waals surface area contributed by atoms with E-state index in [1.54, 1.807) is 0 Å². The van der Waals surface area contributed by atoms with Crippen molar-refractivity contribution in [3.8, 4) is 0 Å². The van der Waals surface area contributed by atoms with E-state index in [1.165, 1.54) is 12.8 Å². The molecule has 4 heteroatoms. The first-order chi connectivity index (χ1) is 6.65. The molecular weight excluding hydrogens is 216 g/mol. The van der Waals surface area contributed by atoms with Gasteiger partial charge in [0.1, 0.15) is 4.93 Å². The average molecular weight is 232 g/mol. The van der Waals surface area contributed by atoms with Crippen LogP contribution in [-0.4, -0.2) is 33.6 Å². The Morgan fingerprint density at radius 3 is 2.86 bits per heavy atom. The van der Waals surface area contributed by atoms with Gasteiger partial charge in [-0.25, -0.2) is 0 Å². The van der Waals surface area contributed by atoms with E-state index in [4.69, 9.17) is 9.47 Å². The van der Waals surface area contributed by atoms with Crippen LogP contribution in [0.25, 0.3) is 0 Å². The lowest BCUT2D eigenvalue weighted by molar-refractivity contribution is 0.0986. The van der Waals surface area contributed by atoms with Gasteiger partial charge in [-0.15, -0.1) is 23.5 Å². The van der Waals surface area contributed by atoms with Gasteiger partial charge < -0.3 is 9.47 Å². The predicted molar refractivity (Wildman–Crippen MR) is 60.7 cm³/mol. The van der Waals surface area contributed by atoms with Crippen LogP contribution >= 0.6 is 23.5 Å². The summed E-state index contributed by atoms with van der Waals surface area (Å²) >= 11 is 4.13. The fourth-order valence-electron chi connectivity index (χ4n) is 2.59. The third kappa shape index (κ3) is 1.20. The second-order valence-corrected chi connectivity index (χ2v) is 7.97. The van der Waals surface area contributed by atoms with Gasteiger partial charge in [-0.05, 0) is 26.7 Å². The summed E-state index contributed by atoms with van der Waals surface area (Å²) in [4.78, 5) is 0.0621. The Hall–Kier alpha value is 0.620. The molecule has 3 fully saturated rings. The Kier molecular flexibility index (Phi) is 2.15. The molecule has 2 nitrogen and oxygen atoms in total. The normalized spacial score (nSPS) is 57.0. The van der Waals surface area contributed by atoms with Crippen LogP contribution in [0.15, 0.2) is 0 Å².